The molecule has 5 nitrogen and oxygen atoms in total. The summed E-state index contributed by atoms with van der Waals surface area (Å²) in [6, 6.07) is 9.35. The van der Waals surface area contributed by atoms with Crippen molar-refractivity contribution in [3.8, 4) is 0 Å². The average molecular weight is 296 g/mol. The monoisotopic (exact) mass is 296 g/mol. The minimum Gasteiger partial charge on any atom is -0.364 e. The number of benzene rings is 1. The van der Waals surface area contributed by atoms with Crippen molar-refractivity contribution in [1.29, 1.82) is 0 Å². The third-order valence-electron chi connectivity index (χ3n) is 4.91. The Kier molecular flexibility index (Phi) is 3.22. The second-order valence-corrected chi connectivity index (χ2v) is 6.22. The molecule has 1 amide bonds. The maximum absolute atomic E-state index is 11.2. The molecule has 0 fully saturated rings. The van der Waals surface area contributed by atoms with Gasteiger partial charge in [-0.2, -0.15) is 0 Å². The Morgan fingerprint density at radius 2 is 1.86 bits per heavy atom. The minimum absolute atomic E-state index is 0.386. The van der Waals surface area contributed by atoms with Crippen molar-refractivity contribution in [2.75, 3.05) is 13.1 Å². The number of hydrogen-bond donors (Lipinski definition) is 1. The van der Waals surface area contributed by atoms with E-state index in [0.29, 0.717) is 11.7 Å². The Morgan fingerprint density at radius 1 is 1.14 bits per heavy atom. The first-order valence-corrected chi connectivity index (χ1v) is 7.87. The first-order chi connectivity index (χ1) is 10.7. The Morgan fingerprint density at radius 3 is 2.55 bits per heavy atom. The summed E-state index contributed by atoms with van der Waals surface area (Å²) in [7, 11) is 0. The molecular weight excluding hydrogens is 276 g/mol. The van der Waals surface area contributed by atoms with Crippen molar-refractivity contribution in [2.45, 2.75) is 31.8 Å². The molecule has 2 N–H and O–H groups in total. The fourth-order valence-electron chi connectivity index (χ4n) is 3.72. The number of aromatic nitrogens is 2. The van der Waals surface area contributed by atoms with Crippen LogP contribution in [0, 0.1) is 0 Å². The normalized spacial score (nSPS) is 18.7. The van der Waals surface area contributed by atoms with Gasteiger partial charge in [0, 0.05) is 38.3 Å². The van der Waals surface area contributed by atoms with Crippen molar-refractivity contribution in [1.82, 2.24) is 14.5 Å². The Labute approximate surface area is 129 Å². The Hall–Kier alpha value is -2.14. The van der Waals surface area contributed by atoms with Crippen LogP contribution in [0.3, 0.4) is 0 Å². The number of imidazole rings is 1. The summed E-state index contributed by atoms with van der Waals surface area (Å²) < 4.78 is 2.09. The maximum Gasteiger partial charge on any atom is 0.268 e. The summed E-state index contributed by atoms with van der Waals surface area (Å²) in [5.74, 6) is 0.537. The Balaban J connectivity index is 1.47. The van der Waals surface area contributed by atoms with Gasteiger partial charge in [-0.05, 0) is 24.0 Å². The zero-order valence-corrected chi connectivity index (χ0v) is 12.5. The molecule has 1 aromatic heterocycles. The van der Waals surface area contributed by atoms with Crippen LogP contribution in [0.25, 0.3) is 0 Å². The van der Waals surface area contributed by atoms with Gasteiger partial charge >= 0.3 is 0 Å². The van der Waals surface area contributed by atoms with E-state index >= 15 is 0 Å². The van der Waals surface area contributed by atoms with Gasteiger partial charge in [0.15, 0.2) is 0 Å². The summed E-state index contributed by atoms with van der Waals surface area (Å²) in [6.45, 7) is 2.87. The van der Waals surface area contributed by atoms with Gasteiger partial charge in [-0.15, -0.1) is 0 Å². The summed E-state index contributed by atoms with van der Waals surface area (Å²) in [6.07, 6.45) is 4.96. The van der Waals surface area contributed by atoms with Crippen LogP contribution in [0.15, 0.2) is 30.5 Å². The fraction of sp³-hybridized carbons (Fsp3) is 0.412. The SMILES string of the molecule is NC(=O)c1cn2c(n1)CCN(C1Cc3ccccc3C1)CC2. The van der Waals surface area contributed by atoms with Gasteiger partial charge in [-0.25, -0.2) is 4.98 Å². The summed E-state index contributed by atoms with van der Waals surface area (Å²) >= 11 is 0. The number of carbonyl (C=O) groups excluding carboxylic acids is 1. The summed E-state index contributed by atoms with van der Waals surface area (Å²) in [4.78, 5) is 18.2. The molecule has 2 aliphatic rings. The first kappa shape index (κ1) is 13.5. The molecule has 0 radical (unpaired) electrons. The molecule has 0 bridgehead atoms. The van der Waals surface area contributed by atoms with Crippen LogP contribution in [-0.4, -0.2) is 39.5 Å². The van der Waals surface area contributed by atoms with E-state index in [1.54, 1.807) is 6.20 Å². The molecular formula is C17H20N4O. The number of carbonyl (C=O) groups is 1. The van der Waals surface area contributed by atoms with E-state index in [2.05, 4.69) is 38.7 Å². The van der Waals surface area contributed by atoms with Gasteiger partial charge in [0.05, 0.1) is 0 Å². The lowest BCUT2D eigenvalue weighted by Crippen LogP contribution is -2.38. The number of nitrogens with zero attached hydrogens (tertiary/aromatic N) is 3. The molecule has 2 aromatic rings. The quantitative estimate of drug-likeness (QED) is 0.899. The molecule has 114 valence electrons. The highest BCUT2D eigenvalue weighted by Gasteiger charge is 2.28. The molecule has 0 atom stereocenters. The lowest BCUT2D eigenvalue weighted by molar-refractivity contribution is 0.0995. The molecule has 0 spiro atoms. The van der Waals surface area contributed by atoms with Gasteiger partial charge < -0.3 is 10.3 Å². The molecule has 1 aromatic carbocycles. The minimum atomic E-state index is -0.441. The highest BCUT2D eigenvalue weighted by atomic mass is 16.1. The smallest absolute Gasteiger partial charge is 0.268 e. The number of nitrogens with two attached hydrogens (primary N) is 1. The van der Waals surface area contributed by atoms with Crippen LogP contribution in [0.2, 0.25) is 0 Å². The fourth-order valence-corrected chi connectivity index (χ4v) is 3.72. The maximum atomic E-state index is 11.2. The number of amides is 1. The highest BCUT2D eigenvalue weighted by molar-refractivity contribution is 5.90. The largest absolute Gasteiger partial charge is 0.364 e. The van der Waals surface area contributed by atoms with Gasteiger partial charge in [-0.3, -0.25) is 9.69 Å². The third-order valence-corrected chi connectivity index (χ3v) is 4.91. The molecule has 0 unspecified atom stereocenters. The summed E-state index contributed by atoms with van der Waals surface area (Å²) in [5.41, 5.74) is 8.68. The zero-order chi connectivity index (χ0) is 15.1. The first-order valence-electron chi connectivity index (χ1n) is 7.87. The van der Waals surface area contributed by atoms with E-state index in [0.717, 1.165) is 44.7 Å². The lowest BCUT2D eigenvalue weighted by atomic mass is 10.1. The number of rotatable bonds is 2. The van der Waals surface area contributed by atoms with E-state index in [4.69, 9.17) is 5.73 Å². The molecule has 1 aliphatic heterocycles. The van der Waals surface area contributed by atoms with E-state index in [1.807, 2.05) is 0 Å². The van der Waals surface area contributed by atoms with Crippen molar-refractivity contribution >= 4 is 5.91 Å². The highest BCUT2D eigenvalue weighted by Crippen LogP contribution is 2.26. The molecule has 2 heterocycles. The van der Waals surface area contributed by atoms with Gasteiger partial charge in [0.2, 0.25) is 0 Å². The number of hydrogen-bond acceptors (Lipinski definition) is 3. The van der Waals surface area contributed by atoms with E-state index in [1.165, 1.54) is 11.1 Å². The second-order valence-electron chi connectivity index (χ2n) is 6.22. The Bertz CT molecular complexity index is 671. The van der Waals surface area contributed by atoms with Crippen molar-refractivity contribution in [3.05, 3.63) is 53.1 Å². The third kappa shape index (κ3) is 2.31. The second kappa shape index (κ2) is 5.25. The molecule has 1 aliphatic carbocycles. The number of fused-ring (bicyclic) bond motifs is 2. The van der Waals surface area contributed by atoms with Crippen LogP contribution in [0.4, 0.5) is 0 Å². The molecule has 0 saturated carbocycles. The van der Waals surface area contributed by atoms with E-state index < -0.39 is 5.91 Å². The van der Waals surface area contributed by atoms with Gasteiger partial charge in [-0.1, -0.05) is 24.3 Å². The van der Waals surface area contributed by atoms with Crippen molar-refractivity contribution in [2.24, 2.45) is 5.73 Å². The summed E-state index contributed by atoms with van der Waals surface area (Å²) in [5, 5.41) is 0. The van der Waals surface area contributed by atoms with Crippen molar-refractivity contribution in [3.63, 3.8) is 0 Å². The average Bonchev–Trinajstić information content (AvgIpc) is 3.07. The molecule has 0 saturated heterocycles. The van der Waals surface area contributed by atoms with Crippen LogP contribution < -0.4 is 5.73 Å². The predicted octanol–water partition coefficient (Wildman–Crippen LogP) is 1.01. The zero-order valence-electron chi connectivity index (χ0n) is 12.5. The van der Waals surface area contributed by atoms with Gasteiger partial charge in [0.1, 0.15) is 11.5 Å². The number of primary amides is 1. The van der Waals surface area contributed by atoms with Crippen LogP contribution >= 0.6 is 0 Å². The standard InChI is InChI=1S/C17H20N4O/c18-17(22)15-11-21-8-7-20(6-5-16(21)19-15)14-9-12-3-1-2-4-13(12)10-14/h1-4,11,14H,5-10H2,(H2,18,22). The molecule has 5 heteroatoms. The van der Waals surface area contributed by atoms with Crippen molar-refractivity contribution < 1.29 is 4.79 Å². The van der Waals surface area contributed by atoms with Crippen LogP contribution in [0.1, 0.15) is 27.4 Å². The predicted molar refractivity (Wildman–Crippen MR) is 83.7 cm³/mol. The van der Waals surface area contributed by atoms with Gasteiger partial charge in [0.25, 0.3) is 5.91 Å². The van der Waals surface area contributed by atoms with E-state index in [-0.39, 0.29) is 0 Å². The molecule has 4 rings (SSSR count). The topological polar surface area (TPSA) is 64.2 Å². The molecule has 22 heavy (non-hydrogen) atoms. The van der Waals surface area contributed by atoms with Crippen LogP contribution in [0.5, 0.6) is 0 Å². The van der Waals surface area contributed by atoms with E-state index in [9.17, 15) is 4.79 Å². The van der Waals surface area contributed by atoms with Crippen LogP contribution in [-0.2, 0) is 25.8 Å². The lowest BCUT2D eigenvalue weighted by Gasteiger charge is -2.26.